The topological polar surface area (TPSA) is 99.4 Å². The number of rotatable bonds is 8. The van der Waals surface area contributed by atoms with E-state index in [1.54, 1.807) is 13.0 Å². The molecule has 0 aliphatic heterocycles. The Labute approximate surface area is 127 Å². The van der Waals surface area contributed by atoms with Crippen LogP contribution in [-0.4, -0.2) is 30.7 Å². The molecule has 1 aromatic heterocycles. The van der Waals surface area contributed by atoms with Gasteiger partial charge in [-0.1, -0.05) is 13.3 Å². The summed E-state index contributed by atoms with van der Waals surface area (Å²) in [5, 5.41) is 10.9. The molecule has 1 heterocycles. The molecular formula is C12H17ClN2O5S. The number of aryl methyl sites for hydroxylation is 1. The van der Waals surface area contributed by atoms with Gasteiger partial charge in [0.15, 0.2) is 0 Å². The van der Waals surface area contributed by atoms with Crippen LogP contribution in [0.1, 0.15) is 25.5 Å². The van der Waals surface area contributed by atoms with Crippen molar-refractivity contribution in [3.63, 3.8) is 0 Å². The Hall–Kier alpha value is -1.41. The lowest BCUT2D eigenvalue weighted by Crippen LogP contribution is -2.20. The van der Waals surface area contributed by atoms with Crippen molar-refractivity contribution >= 4 is 25.6 Å². The van der Waals surface area contributed by atoms with E-state index in [4.69, 9.17) is 15.4 Å². The SMILES string of the molecule is CCCC(COc1ccc(C)nc1[N+](=O)[O-])CS(=O)(=O)Cl. The molecule has 0 N–H and O–H groups in total. The molecule has 0 radical (unpaired) electrons. The van der Waals surface area contributed by atoms with Gasteiger partial charge >= 0.3 is 5.82 Å². The molecule has 0 bridgehead atoms. The molecule has 7 nitrogen and oxygen atoms in total. The predicted molar refractivity (Wildman–Crippen MR) is 79.2 cm³/mol. The van der Waals surface area contributed by atoms with Crippen LogP contribution in [0.3, 0.4) is 0 Å². The van der Waals surface area contributed by atoms with Gasteiger partial charge in [-0.15, -0.1) is 0 Å². The number of ether oxygens (including phenoxy) is 1. The van der Waals surface area contributed by atoms with Gasteiger partial charge in [0.05, 0.1) is 12.4 Å². The van der Waals surface area contributed by atoms with Crippen molar-refractivity contribution in [2.75, 3.05) is 12.4 Å². The molecule has 0 spiro atoms. The summed E-state index contributed by atoms with van der Waals surface area (Å²) in [6.07, 6.45) is 1.35. The highest BCUT2D eigenvalue weighted by Crippen LogP contribution is 2.25. The zero-order chi connectivity index (χ0) is 16.0. The Morgan fingerprint density at radius 1 is 1.48 bits per heavy atom. The van der Waals surface area contributed by atoms with E-state index in [2.05, 4.69) is 4.98 Å². The highest BCUT2D eigenvalue weighted by molar-refractivity contribution is 8.13. The van der Waals surface area contributed by atoms with Gasteiger partial charge in [0.1, 0.15) is 5.69 Å². The van der Waals surface area contributed by atoms with Gasteiger partial charge in [-0.2, -0.15) is 0 Å². The number of nitrogens with zero attached hydrogens (tertiary/aromatic N) is 2. The van der Waals surface area contributed by atoms with E-state index in [1.807, 2.05) is 6.92 Å². The van der Waals surface area contributed by atoms with Gasteiger partial charge in [-0.3, -0.25) is 0 Å². The van der Waals surface area contributed by atoms with E-state index < -0.39 is 14.0 Å². The molecule has 118 valence electrons. The standard InChI is InChI=1S/C12H17ClN2O5S/c1-3-4-10(8-21(13,18)19)7-20-11-6-5-9(2)14-12(11)15(16)17/h5-6,10H,3-4,7-8H2,1-2H3. The van der Waals surface area contributed by atoms with Gasteiger partial charge in [-0.05, 0) is 28.5 Å². The molecule has 0 saturated carbocycles. The monoisotopic (exact) mass is 336 g/mol. The molecular weight excluding hydrogens is 320 g/mol. The summed E-state index contributed by atoms with van der Waals surface area (Å²) < 4.78 is 27.7. The summed E-state index contributed by atoms with van der Waals surface area (Å²) in [5.41, 5.74) is 0.502. The van der Waals surface area contributed by atoms with Crippen molar-refractivity contribution in [3.8, 4) is 5.75 Å². The second kappa shape index (κ2) is 7.56. The van der Waals surface area contributed by atoms with Gasteiger partial charge < -0.3 is 14.9 Å². The first-order valence-electron chi connectivity index (χ1n) is 6.40. The summed E-state index contributed by atoms with van der Waals surface area (Å²) in [6, 6.07) is 3.05. The molecule has 9 heteroatoms. The van der Waals surface area contributed by atoms with Crippen LogP contribution < -0.4 is 4.74 Å². The van der Waals surface area contributed by atoms with Gasteiger partial charge in [0.25, 0.3) is 0 Å². The van der Waals surface area contributed by atoms with Crippen molar-refractivity contribution < 1.29 is 18.1 Å². The molecule has 0 aliphatic carbocycles. The number of nitro groups is 1. The molecule has 0 amide bonds. The molecule has 0 saturated heterocycles. The van der Waals surface area contributed by atoms with E-state index in [0.29, 0.717) is 12.1 Å². The summed E-state index contributed by atoms with van der Waals surface area (Å²) in [7, 11) is 1.60. The largest absolute Gasteiger partial charge is 0.485 e. The second-order valence-corrected chi connectivity index (χ2v) is 7.52. The van der Waals surface area contributed by atoms with Crippen LogP contribution in [0.5, 0.6) is 5.75 Å². The van der Waals surface area contributed by atoms with Crippen LogP contribution in [0.2, 0.25) is 0 Å². The molecule has 1 atom stereocenters. The Balaban J connectivity index is 2.82. The number of hydrogen-bond acceptors (Lipinski definition) is 6. The lowest BCUT2D eigenvalue weighted by molar-refractivity contribution is -0.390. The third-order valence-corrected chi connectivity index (χ3v) is 4.01. The Morgan fingerprint density at radius 2 is 2.14 bits per heavy atom. The Morgan fingerprint density at radius 3 is 2.67 bits per heavy atom. The van der Waals surface area contributed by atoms with Crippen LogP contribution in [0.25, 0.3) is 0 Å². The molecule has 21 heavy (non-hydrogen) atoms. The minimum Gasteiger partial charge on any atom is -0.485 e. The summed E-state index contributed by atoms with van der Waals surface area (Å²) in [4.78, 5) is 14.1. The normalized spacial score (nSPS) is 12.9. The number of aromatic nitrogens is 1. The average Bonchev–Trinajstić information content (AvgIpc) is 2.35. The zero-order valence-electron chi connectivity index (χ0n) is 11.8. The average molecular weight is 337 g/mol. The van der Waals surface area contributed by atoms with Crippen LogP contribution >= 0.6 is 10.7 Å². The molecule has 1 unspecified atom stereocenters. The van der Waals surface area contributed by atoms with E-state index in [9.17, 15) is 18.5 Å². The van der Waals surface area contributed by atoms with Crippen LogP contribution in [0, 0.1) is 23.0 Å². The zero-order valence-corrected chi connectivity index (χ0v) is 13.4. The summed E-state index contributed by atoms with van der Waals surface area (Å²) in [5.74, 6) is -0.897. The van der Waals surface area contributed by atoms with Crippen molar-refractivity contribution in [2.45, 2.75) is 26.7 Å². The van der Waals surface area contributed by atoms with E-state index in [-0.39, 0.29) is 29.8 Å². The first-order chi connectivity index (χ1) is 9.73. The van der Waals surface area contributed by atoms with Crippen LogP contribution in [0.15, 0.2) is 12.1 Å². The number of pyridine rings is 1. The third kappa shape index (κ3) is 6.26. The van der Waals surface area contributed by atoms with Crippen molar-refractivity contribution in [2.24, 2.45) is 5.92 Å². The highest BCUT2D eigenvalue weighted by Gasteiger charge is 2.21. The van der Waals surface area contributed by atoms with E-state index >= 15 is 0 Å². The Kier molecular flexibility index (Phi) is 6.35. The van der Waals surface area contributed by atoms with Crippen molar-refractivity contribution in [1.82, 2.24) is 4.98 Å². The molecule has 1 rings (SSSR count). The first-order valence-corrected chi connectivity index (χ1v) is 8.88. The van der Waals surface area contributed by atoms with Crippen LogP contribution in [0.4, 0.5) is 5.82 Å². The lowest BCUT2D eigenvalue weighted by atomic mass is 10.1. The number of halogens is 1. The van der Waals surface area contributed by atoms with Gasteiger partial charge in [0, 0.05) is 23.5 Å². The predicted octanol–water partition coefficient (Wildman–Crippen LogP) is 2.66. The smallest absolute Gasteiger partial charge is 0.406 e. The van der Waals surface area contributed by atoms with E-state index in [0.717, 1.165) is 6.42 Å². The van der Waals surface area contributed by atoms with E-state index in [1.165, 1.54) is 6.07 Å². The lowest BCUT2D eigenvalue weighted by Gasteiger charge is -2.15. The summed E-state index contributed by atoms with van der Waals surface area (Å²) >= 11 is 0. The Bertz CT molecular complexity index is 606. The maximum atomic E-state index is 11.1. The minimum absolute atomic E-state index is 0.0265. The fourth-order valence-corrected chi connectivity index (χ4v) is 3.25. The maximum Gasteiger partial charge on any atom is 0.406 e. The molecule has 0 aliphatic rings. The van der Waals surface area contributed by atoms with Crippen molar-refractivity contribution in [3.05, 3.63) is 27.9 Å². The minimum atomic E-state index is -3.64. The second-order valence-electron chi connectivity index (χ2n) is 4.70. The quantitative estimate of drug-likeness (QED) is 0.411. The first kappa shape index (κ1) is 17.6. The fourth-order valence-electron chi connectivity index (χ4n) is 1.89. The van der Waals surface area contributed by atoms with Crippen LogP contribution in [-0.2, 0) is 9.05 Å². The summed E-state index contributed by atoms with van der Waals surface area (Å²) in [6.45, 7) is 3.58. The molecule has 1 aromatic rings. The highest BCUT2D eigenvalue weighted by atomic mass is 35.7. The maximum absolute atomic E-state index is 11.1. The van der Waals surface area contributed by atoms with Gasteiger partial charge in [0.2, 0.25) is 14.8 Å². The number of hydrogen-bond donors (Lipinski definition) is 0. The van der Waals surface area contributed by atoms with Gasteiger partial charge in [-0.25, -0.2) is 8.42 Å². The third-order valence-electron chi connectivity index (χ3n) is 2.76. The molecule has 0 fully saturated rings. The fraction of sp³-hybridized carbons (Fsp3) is 0.583. The van der Waals surface area contributed by atoms with Crippen molar-refractivity contribution in [1.29, 1.82) is 0 Å². The molecule has 0 aromatic carbocycles.